The van der Waals surface area contributed by atoms with Crippen molar-refractivity contribution in [2.24, 2.45) is 5.10 Å². The number of fused-ring (bicyclic) bond motifs is 2. The molecule has 166 valence electrons. The normalized spacial score (nSPS) is 13.3. The van der Waals surface area contributed by atoms with E-state index in [4.69, 9.17) is 14.2 Å². The molecule has 2 aromatic carbocycles. The summed E-state index contributed by atoms with van der Waals surface area (Å²) in [6.45, 7) is 4.00. The van der Waals surface area contributed by atoms with E-state index < -0.39 is 18.0 Å². The van der Waals surface area contributed by atoms with E-state index in [9.17, 15) is 9.59 Å². The van der Waals surface area contributed by atoms with Crippen LogP contribution in [-0.4, -0.2) is 42.6 Å². The summed E-state index contributed by atoms with van der Waals surface area (Å²) in [5, 5.41) is 7.67. The second kappa shape index (κ2) is 9.42. The number of H-pyrrole nitrogens is 1. The third-order valence-corrected chi connectivity index (χ3v) is 5.12. The van der Waals surface area contributed by atoms with Crippen LogP contribution < -0.4 is 20.2 Å². The Hall–Kier alpha value is -4.01. The highest BCUT2D eigenvalue weighted by atomic mass is 16.7. The lowest BCUT2D eigenvalue weighted by Crippen LogP contribution is -2.47. The van der Waals surface area contributed by atoms with Crippen molar-refractivity contribution in [1.29, 1.82) is 0 Å². The molecular weight excluding hydrogens is 412 g/mol. The number of alkyl carbamates (subject to hydrolysis) is 1. The van der Waals surface area contributed by atoms with Crippen LogP contribution in [0.1, 0.15) is 23.6 Å². The van der Waals surface area contributed by atoms with Gasteiger partial charge in [0.15, 0.2) is 11.5 Å². The molecule has 2 amide bonds. The highest BCUT2D eigenvalue weighted by Gasteiger charge is 2.23. The van der Waals surface area contributed by atoms with Crippen LogP contribution in [-0.2, 0) is 16.0 Å². The van der Waals surface area contributed by atoms with Crippen LogP contribution >= 0.6 is 0 Å². The Labute approximate surface area is 184 Å². The van der Waals surface area contributed by atoms with Gasteiger partial charge in [-0.3, -0.25) is 4.79 Å². The third kappa shape index (κ3) is 4.66. The van der Waals surface area contributed by atoms with Gasteiger partial charge in [-0.25, -0.2) is 10.2 Å². The number of nitrogens with one attached hydrogen (secondary N) is 3. The summed E-state index contributed by atoms with van der Waals surface area (Å²) in [4.78, 5) is 28.0. The zero-order chi connectivity index (χ0) is 22.5. The Bertz CT molecular complexity index is 1170. The number of hydrazone groups is 1. The standard InChI is InChI=1S/C23H24N4O5/c1-3-30-23(29)26-19(9-16-11-24-18-7-5-4-6-17(16)18)22(28)27-25-12-15-10-21-20(8-14(15)2)31-13-32-21/h4-8,10-12,19,24H,3,9,13H2,1-2H3,(H,26,29)(H,27,28)/b25-12-/t19-/m1/s1. The molecule has 0 fully saturated rings. The fraction of sp³-hybridized carbons (Fsp3) is 0.261. The number of hydrogen-bond donors (Lipinski definition) is 3. The van der Waals surface area contributed by atoms with Crippen LogP contribution in [0.4, 0.5) is 4.79 Å². The molecule has 9 heteroatoms. The van der Waals surface area contributed by atoms with E-state index in [1.165, 1.54) is 6.21 Å². The van der Waals surface area contributed by atoms with Crippen molar-refractivity contribution >= 4 is 29.1 Å². The number of amides is 2. The molecule has 0 bridgehead atoms. The molecule has 0 radical (unpaired) electrons. The first-order chi connectivity index (χ1) is 15.5. The van der Waals surface area contributed by atoms with Crippen molar-refractivity contribution in [1.82, 2.24) is 15.7 Å². The molecule has 1 atom stereocenters. The van der Waals surface area contributed by atoms with Crippen LogP contribution in [0.25, 0.3) is 10.9 Å². The molecule has 0 spiro atoms. The molecule has 2 heterocycles. The maximum absolute atomic E-state index is 12.9. The minimum absolute atomic E-state index is 0.182. The smallest absolute Gasteiger partial charge is 0.407 e. The highest BCUT2D eigenvalue weighted by Crippen LogP contribution is 2.34. The van der Waals surface area contributed by atoms with Crippen LogP contribution in [0.5, 0.6) is 11.5 Å². The summed E-state index contributed by atoms with van der Waals surface area (Å²) in [7, 11) is 0. The molecule has 0 saturated heterocycles. The minimum atomic E-state index is -0.872. The van der Waals surface area contributed by atoms with Gasteiger partial charge >= 0.3 is 6.09 Å². The van der Waals surface area contributed by atoms with Gasteiger partial charge in [0.1, 0.15) is 6.04 Å². The zero-order valence-corrected chi connectivity index (χ0v) is 17.8. The summed E-state index contributed by atoms with van der Waals surface area (Å²) in [6.07, 6.45) is 2.97. The van der Waals surface area contributed by atoms with Crippen molar-refractivity contribution in [3.05, 3.63) is 59.3 Å². The van der Waals surface area contributed by atoms with Crippen LogP contribution in [0, 0.1) is 6.92 Å². The maximum atomic E-state index is 12.9. The van der Waals surface area contributed by atoms with Gasteiger partial charge in [0, 0.05) is 29.1 Å². The lowest BCUT2D eigenvalue weighted by molar-refractivity contribution is -0.123. The van der Waals surface area contributed by atoms with Crippen LogP contribution in [0.15, 0.2) is 47.7 Å². The first-order valence-corrected chi connectivity index (χ1v) is 10.3. The molecule has 0 unspecified atom stereocenters. The van der Waals surface area contributed by atoms with Gasteiger partial charge in [0.2, 0.25) is 6.79 Å². The highest BCUT2D eigenvalue weighted by molar-refractivity contribution is 5.90. The molecule has 1 aliphatic heterocycles. The summed E-state index contributed by atoms with van der Waals surface area (Å²) in [6, 6.07) is 10.5. The number of para-hydroxylation sites is 1. The van der Waals surface area contributed by atoms with Crippen molar-refractivity contribution in [3.63, 3.8) is 0 Å². The van der Waals surface area contributed by atoms with Crippen molar-refractivity contribution < 1.29 is 23.8 Å². The summed E-state index contributed by atoms with van der Waals surface area (Å²) in [5.41, 5.74) is 6.06. The predicted octanol–water partition coefficient (Wildman–Crippen LogP) is 3.01. The molecular formula is C23H24N4O5. The van der Waals surface area contributed by atoms with Crippen molar-refractivity contribution in [2.75, 3.05) is 13.4 Å². The van der Waals surface area contributed by atoms with Crippen LogP contribution in [0.3, 0.4) is 0 Å². The van der Waals surface area contributed by atoms with Gasteiger partial charge in [-0.2, -0.15) is 5.10 Å². The zero-order valence-electron chi connectivity index (χ0n) is 17.8. The Kier molecular flexibility index (Phi) is 6.25. The molecule has 32 heavy (non-hydrogen) atoms. The second-order valence-corrected chi connectivity index (χ2v) is 7.28. The molecule has 0 aliphatic carbocycles. The van der Waals surface area contributed by atoms with Crippen LogP contribution in [0.2, 0.25) is 0 Å². The molecule has 1 aromatic heterocycles. The number of aromatic nitrogens is 1. The van der Waals surface area contributed by atoms with Gasteiger partial charge in [-0.05, 0) is 43.2 Å². The van der Waals surface area contributed by atoms with E-state index in [-0.39, 0.29) is 19.8 Å². The number of rotatable bonds is 7. The van der Waals surface area contributed by atoms with Gasteiger partial charge in [0.05, 0.1) is 12.8 Å². The van der Waals surface area contributed by atoms with Gasteiger partial charge in [0.25, 0.3) is 5.91 Å². The Morgan fingerprint density at radius 2 is 2.03 bits per heavy atom. The summed E-state index contributed by atoms with van der Waals surface area (Å²) in [5.74, 6) is 0.851. The monoisotopic (exact) mass is 436 g/mol. The topological polar surface area (TPSA) is 114 Å². The minimum Gasteiger partial charge on any atom is -0.454 e. The van der Waals surface area contributed by atoms with E-state index in [0.717, 1.165) is 27.6 Å². The van der Waals surface area contributed by atoms with E-state index in [2.05, 4.69) is 20.8 Å². The average Bonchev–Trinajstić information content (AvgIpc) is 3.40. The number of aryl methyl sites for hydroxylation is 1. The lowest BCUT2D eigenvalue weighted by Gasteiger charge is -2.16. The Morgan fingerprint density at radius 3 is 2.84 bits per heavy atom. The van der Waals surface area contributed by atoms with E-state index >= 15 is 0 Å². The number of carbonyl (C=O) groups is 2. The quantitative estimate of drug-likeness (QED) is 0.389. The number of nitrogens with zero attached hydrogens (tertiary/aromatic N) is 1. The molecule has 4 rings (SSSR count). The largest absolute Gasteiger partial charge is 0.454 e. The Balaban J connectivity index is 1.48. The van der Waals surface area contributed by atoms with Gasteiger partial charge in [-0.15, -0.1) is 0 Å². The van der Waals surface area contributed by atoms with E-state index in [0.29, 0.717) is 11.5 Å². The lowest BCUT2D eigenvalue weighted by atomic mass is 10.0. The first-order valence-electron chi connectivity index (χ1n) is 10.3. The molecule has 1 aliphatic rings. The van der Waals surface area contributed by atoms with Gasteiger partial charge < -0.3 is 24.5 Å². The number of benzene rings is 2. The molecule has 3 aromatic rings. The average molecular weight is 436 g/mol. The number of carbonyl (C=O) groups excluding carboxylic acids is 2. The van der Waals surface area contributed by atoms with E-state index in [1.54, 1.807) is 13.0 Å². The number of aromatic amines is 1. The number of ether oxygens (including phenoxy) is 3. The molecule has 3 N–H and O–H groups in total. The third-order valence-electron chi connectivity index (χ3n) is 5.12. The molecule has 0 saturated carbocycles. The van der Waals surface area contributed by atoms with E-state index in [1.807, 2.05) is 43.5 Å². The van der Waals surface area contributed by atoms with Crippen molar-refractivity contribution in [2.45, 2.75) is 26.3 Å². The summed E-state index contributed by atoms with van der Waals surface area (Å²) < 4.78 is 15.7. The second-order valence-electron chi connectivity index (χ2n) is 7.28. The maximum Gasteiger partial charge on any atom is 0.407 e. The fourth-order valence-corrected chi connectivity index (χ4v) is 3.49. The van der Waals surface area contributed by atoms with Gasteiger partial charge in [-0.1, -0.05) is 18.2 Å². The predicted molar refractivity (Wildman–Crippen MR) is 119 cm³/mol. The first kappa shape index (κ1) is 21.2. The number of hydrogen-bond acceptors (Lipinski definition) is 6. The summed E-state index contributed by atoms with van der Waals surface area (Å²) >= 11 is 0. The SMILES string of the molecule is CCOC(=O)N[C@H](Cc1c[nH]c2ccccc12)C(=O)N/N=C\c1cc2c(cc1C)OCO2. The van der Waals surface area contributed by atoms with Crippen molar-refractivity contribution in [3.8, 4) is 11.5 Å². The molecule has 9 nitrogen and oxygen atoms in total. The fourth-order valence-electron chi connectivity index (χ4n) is 3.49. The Morgan fingerprint density at radius 1 is 1.25 bits per heavy atom.